The summed E-state index contributed by atoms with van der Waals surface area (Å²) in [6.45, 7) is 1.61. The Hall–Kier alpha value is -1.05. The average molecular weight is 230 g/mol. The lowest BCUT2D eigenvalue weighted by Gasteiger charge is -2.05. The molecule has 74 valence electrons. The Kier molecular flexibility index (Phi) is 2.84. The molecule has 0 atom stereocenters. The molecule has 0 bridgehead atoms. The highest BCUT2D eigenvalue weighted by Crippen LogP contribution is 2.26. The summed E-state index contributed by atoms with van der Waals surface area (Å²) in [5, 5.41) is 8.72. The van der Waals surface area contributed by atoms with Crippen LogP contribution in [0.25, 0.3) is 0 Å². The highest BCUT2D eigenvalue weighted by Gasteiger charge is 2.16. The number of benzene rings is 1. The van der Waals surface area contributed by atoms with Gasteiger partial charge in [-0.15, -0.1) is 0 Å². The molecule has 0 N–H and O–H groups in total. The number of sulfone groups is 1. The standard InChI is InChI=1S/C9H8ClNO2S/c1-6-3-7(5-11)4-8(10)9(6)14(2,12)13/h3-4H,1-2H3. The fraction of sp³-hybridized carbons (Fsp3) is 0.222. The monoisotopic (exact) mass is 229 g/mol. The van der Waals surface area contributed by atoms with Gasteiger partial charge in [0.2, 0.25) is 0 Å². The van der Waals surface area contributed by atoms with Gasteiger partial charge < -0.3 is 0 Å². The molecule has 0 saturated heterocycles. The van der Waals surface area contributed by atoms with Crippen LogP contribution in [0.3, 0.4) is 0 Å². The van der Waals surface area contributed by atoms with E-state index in [1.54, 1.807) is 6.92 Å². The molecule has 5 heteroatoms. The summed E-state index contributed by atoms with van der Waals surface area (Å²) in [4.78, 5) is 0.0955. The lowest BCUT2D eigenvalue weighted by molar-refractivity contribution is 0.601. The summed E-state index contributed by atoms with van der Waals surface area (Å²) in [7, 11) is -3.33. The highest BCUT2D eigenvalue weighted by atomic mass is 35.5. The molecule has 0 spiro atoms. The van der Waals surface area contributed by atoms with Crippen LogP contribution in [0, 0.1) is 18.3 Å². The molecule has 0 saturated carbocycles. The van der Waals surface area contributed by atoms with Crippen molar-refractivity contribution in [1.82, 2.24) is 0 Å². The van der Waals surface area contributed by atoms with E-state index >= 15 is 0 Å². The number of hydrogen-bond donors (Lipinski definition) is 0. The SMILES string of the molecule is Cc1cc(C#N)cc(Cl)c1S(C)(=O)=O. The highest BCUT2D eigenvalue weighted by molar-refractivity contribution is 7.90. The van der Waals surface area contributed by atoms with Crippen molar-refractivity contribution in [1.29, 1.82) is 5.26 Å². The minimum absolute atomic E-state index is 0.0955. The molecule has 14 heavy (non-hydrogen) atoms. The third kappa shape index (κ3) is 2.06. The third-order valence-corrected chi connectivity index (χ3v) is 3.42. The van der Waals surface area contributed by atoms with Crippen LogP contribution in [0.4, 0.5) is 0 Å². The zero-order chi connectivity index (χ0) is 10.9. The Morgan fingerprint density at radius 2 is 2.00 bits per heavy atom. The van der Waals surface area contributed by atoms with Gasteiger partial charge >= 0.3 is 0 Å². The van der Waals surface area contributed by atoms with E-state index in [1.165, 1.54) is 12.1 Å². The van der Waals surface area contributed by atoms with E-state index in [-0.39, 0.29) is 9.92 Å². The van der Waals surface area contributed by atoms with E-state index in [4.69, 9.17) is 16.9 Å². The van der Waals surface area contributed by atoms with Gasteiger partial charge in [0, 0.05) is 6.26 Å². The van der Waals surface area contributed by atoms with Crippen molar-refractivity contribution in [3.63, 3.8) is 0 Å². The normalized spacial score (nSPS) is 11.0. The number of hydrogen-bond acceptors (Lipinski definition) is 3. The zero-order valence-electron chi connectivity index (χ0n) is 7.70. The van der Waals surface area contributed by atoms with Crippen LogP contribution < -0.4 is 0 Å². The summed E-state index contributed by atoms with van der Waals surface area (Å²) in [5.41, 5.74) is 0.858. The van der Waals surface area contributed by atoms with Gasteiger partial charge in [0.15, 0.2) is 9.84 Å². The Morgan fingerprint density at radius 3 is 2.36 bits per heavy atom. The first-order valence-corrected chi connectivity index (χ1v) is 6.03. The quantitative estimate of drug-likeness (QED) is 0.739. The Morgan fingerprint density at radius 1 is 1.43 bits per heavy atom. The first kappa shape index (κ1) is 11.0. The predicted molar refractivity (Wildman–Crippen MR) is 54.0 cm³/mol. The fourth-order valence-electron chi connectivity index (χ4n) is 1.26. The molecule has 3 nitrogen and oxygen atoms in total. The molecule has 0 unspecified atom stereocenters. The molecule has 0 fully saturated rings. The molecule has 1 rings (SSSR count). The van der Waals surface area contributed by atoms with Gasteiger partial charge in [-0.05, 0) is 24.6 Å². The van der Waals surface area contributed by atoms with Gasteiger partial charge in [-0.3, -0.25) is 0 Å². The van der Waals surface area contributed by atoms with Crippen LogP contribution in [0.5, 0.6) is 0 Å². The number of halogens is 1. The number of rotatable bonds is 1. The Balaban J connectivity index is 3.59. The first-order chi connectivity index (χ1) is 6.36. The van der Waals surface area contributed by atoms with Gasteiger partial charge in [0.05, 0.1) is 21.6 Å². The molecule has 0 aliphatic heterocycles. The summed E-state index contributed by atoms with van der Waals surface area (Å²) < 4.78 is 22.6. The molecule has 0 aromatic heterocycles. The number of nitriles is 1. The van der Waals surface area contributed by atoms with Crippen molar-refractivity contribution < 1.29 is 8.42 Å². The van der Waals surface area contributed by atoms with Gasteiger partial charge in [0.1, 0.15) is 0 Å². The van der Waals surface area contributed by atoms with Crippen LogP contribution in [0.1, 0.15) is 11.1 Å². The molecule has 0 radical (unpaired) electrons. The lowest BCUT2D eigenvalue weighted by Crippen LogP contribution is -2.01. The lowest BCUT2D eigenvalue weighted by atomic mass is 10.1. The fourth-order valence-corrected chi connectivity index (χ4v) is 3.01. The smallest absolute Gasteiger partial charge is 0.177 e. The van der Waals surface area contributed by atoms with Crippen LogP contribution in [-0.2, 0) is 9.84 Å². The topological polar surface area (TPSA) is 57.9 Å². The van der Waals surface area contributed by atoms with E-state index in [0.717, 1.165) is 6.26 Å². The summed E-state index contributed by atoms with van der Waals surface area (Å²) in [6.07, 6.45) is 1.09. The Labute approximate surface area is 87.8 Å². The minimum atomic E-state index is -3.33. The van der Waals surface area contributed by atoms with Crippen LogP contribution in [-0.4, -0.2) is 14.7 Å². The molecule has 0 aliphatic carbocycles. The Bertz CT molecular complexity index is 491. The van der Waals surface area contributed by atoms with Crippen molar-refractivity contribution in [2.75, 3.05) is 6.26 Å². The van der Waals surface area contributed by atoms with E-state index in [2.05, 4.69) is 0 Å². The zero-order valence-corrected chi connectivity index (χ0v) is 9.28. The molecule has 0 heterocycles. The maximum Gasteiger partial charge on any atom is 0.177 e. The molecular formula is C9H8ClNO2S. The second-order valence-corrected chi connectivity index (χ2v) is 5.35. The van der Waals surface area contributed by atoms with Crippen molar-refractivity contribution in [3.05, 3.63) is 28.3 Å². The average Bonchev–Trinajstić information content (AvgIpc) is 1.99. The van der Waals surface area contributed by atoms with Crippen LogP contribution in [0.2, 0.25) is 5.02 Å². The summed E-state index contributed by atoms with van der Waals surface area (Å²) >= 11 is 5.77. The molecular weight excluding hydrogens is 222 g/mol. The second-order valence-electron chi connectivity index (χ2n) is 2.99. The van der Waals surface area contributed by atoms with E-state index in [0.29, 0.717) is 11.1 Å². The third-order valence-electron chi connectivity index (χ3n) is 1.73. The molecule has 0 amide bonds. The van der Waals surface area contributed by atoms with E-state index in [1.807, 2.05) is 6.07 Å². The van der Waals surface area contributed by atoms with Gasteiger partial charge in [0.25, 0.3) is 0 Å². The van der Waals surface area contributed by atoms with Gasteiger partial charge in [-0.25, -0.2) is 8.42 Å². The minimum Gasteiger partial charge on any atom is -0.224 e. The molecule has 1 aromatic carbocycles. The maximum absolute atomic E-state index is 11.3. The van der Waals surface area contributed by atoms with Crippen molar-refractivity contribution in [3.8, 4) is 6.07 Å². The van der Waals surface area contributed by atoms with Crippen LogP contribution >= 0.6 is 11.6 Å². The predicted octanol–water partition coefficient (Wildman–Crippen LogP) is 1.92. The largest absolute Gasteiger partial charge is 0.224 e. The van der Waals surface area contributed by atoms with E-state index < -0.39 is 9.84 Å². The number of nitrogens with zero attached hydrogens (tertiary/aromatic N) is 1. The summed E-state index contributed by atoms with van der Waals surface area (Å²) in [6, 6.07) is 4.76. The second kappa shape index (κ2) is 3.60. The number of aryl methyl sites for hydroxylation is 1. The van der Waals surface area contributed by atoms with Crippen molar-refractivity contribution >= 4 is 21.4 Å². The van der Waals surface area contributed by atoms with Gasteiger partial charge in [-0.2, -0.15) is 5.26 Å². The van der Waals surface area contributed by atoms with Crippen molar-refractivity contribution in [2.24, 2.45) is 0 Å². The first-order valence-electron chi connectivity index (χ1n) is 3.76. The van der Waals surface area contributed by atoms with E-state index in [9.17, 15) is 8.42 Å². The summed E-state index contributed by atoms with van der Waals surface area (Å²) in [5.74, 6) is 0. The van der Waals surface area contributed by atoms with Crippen molar-refractivity contribution in [2.45, 2.75) is 11.8 Å². The van der Waals surface area contributed by atoms with Crippen LogP contribution in [0.15, 0.2) is 17.0 Å². The van der Waals surface area contributed by atoms with Gasteiger partial charge in [-0.1, -0.05) is 11.6 Å². The molecule has 0 aliphatic rings. The maximum atomic E-state index is 11.3. The molecule has 1 aromatic rings.